The van der Waals surface area contributed by atoms with Gasteiger partial charge in [0.1, 0.15) is 5.82 Å². The van der Waals surface area contributed by atoms with Crippen molar-refractivity contribution in [2.45, 2.75) is 11.8 Å². The van der Waals surface area contributed by atoms with E-state index in [1.807, 2.05) is 18.2 Å². The first kappa shape index (κ1) is 14.3. The SMILES string of the molecule is CCSc1ccc2c(C(=O)NC)c(NC(N)=O)[nH]c2c1. The average molecular weight is 292 g/mol. The molecule has 2 aromatic rings. The van der Waals surface area contributed by atoms with Crippen LogP contribution in [-0.4, -0.2) is 29.7 Å². The third kappa shape index (κ3) is 2.72. The van der Waals surface area contributed by atoms with Crippen molar-refractivity contribution in [3.63, 3.8) is 0 Å². The lowest BCUT2D eigenvalue weighted by atomic mass is 10.1. The van der Waals surface area contributed by atoms with E-state index < -0.39 is 6.03 Å². The molecule has 2 rings (SSSR count). The number of aromatic nitrogens is 1. The summed E-state index contributed by atoms with van der Waals surface area (Å²) < 4.78 is 0. The maximum absolute atomic E-state index is 12.0. The quantitative estimate of drug-likeness (QED) is 0.649. The summed E-state index contributed by atoms with van der Waals surface area (Å²) in [6.45, 7) is 2.07. The number of nitrogens with one attached hydrogen (secondary N) is 3. The second kappa shape index (κ2) is 5.87. The molecule has 0 saturated carbocycles. The van der Waals surface area contributed by atoms with Gasteiger partial charge in [-0.25, -0.2) is 4.79 Å². The summed E-state index contributed by atoms with van der Waals surface area (Å²) in [6, 6.07) is 5.04. The lowest BCUT2D eigenvalue weighted by Crippen LogP contribution is -2.23. The highest BCUT2D eigenvalue weighted by molar-refractivity contribution is 7.99. The van der Waals surface area contributed by atoms with Gasteiger partial charge in [0.15, 0.2) is 0 Å². The van der Waals surface area contributed by atoms with Gasteiger partial charge in [-0.05, 0) is 17.9 Å². The van der Waals surface area contributed by atoms with Crippen LogP contribution < -0.4 is 16.4 Å². The van der Waals surface area contributed by atoms with Gasteiger partial charge in [-0.3, -0.25) is 10.1 Å². The molecule has 0 radical (unpaired) electrons. The van der Waals surface area contributed by atoms with E-state index >= 15 is 0 Å². The molecule has 0 aliphatic carbocycles. The first-order valence-corrected chi connectivity index (χ1v) is 7.12. The van der Waals surface area contributed by atoms with E-state index in [0.29, 0.717) is 11.4 Å². The highest BCUT2D eigenvalue weighted by atomic mass is 32.2. The average Bonchev–Trinajstić information content (AvgIpc) is 2.74. The Morgan fingerprint density at radius 3 is 2.75 bits per heavy atom. The van der Waals surface area contributed by atoms with Gasteiger partial charge in [0.2, 0.25) is 0 Å². The summed E-state index contributed by atoms with van der Waals surface area (Å²) in [5.74, 6) is 0.988. The lowest BCUT2D eigenvalue weighted by Gasteiger charge is -2.03. The molecule has 0 saturated heterocycles. The van der Waals surface area contributed by atoms with E-state index in [4.69, 9.17) is 5.73 Å². The Morgan fingerprint density at radius 2 is 2.15 bits per heavy atom. The van der Waals surface area contributed by atoms with Crippen LogP contribution in [0.15, 0.2) is 23.1 Å². The zero-order valence-electron chi connectivity index (χ0n) is 11.2. The normalized spacial score (nSPS) is 10.5. The maximum Gasteiger partial charge on any atom is 0.317 e. The predicted molar refractivity (Wildman–Crippen MR) is 81.3 cm³/mol. The number of urea groups is 1. The predicted octanol–water partition coefficient (Wildman–Crippen LogP) is 2.13. The summed E-state index contributed by atoms with van der Waals surface area (Å²) in [6.07, 6.45) is 0. The number of nitrogens with two attached hydrogens (primary N) is 1. The van der Waals surface area contributed by atoms with E-state index in [-0.39, 0.29) is 5.91 Å². The maximum atomic E-state index is 12.0. The zero-order valence-corrected chi connectivity index (χ0v) is 12.1. The number of benzene rings is 1. The molecular formula is C13H16N4O2S. The molecule has 0 bridgehead atoms. The van der Waals surface area contributed by atoms with E-state index in [1.54, 1.807) is 11.8 Å². The topological polar surface area (TPSA) is 100 Å². The fourth-order valence-corrected chi connectivity index (χ4v) is 2.71. The number of amides is 3. The Morgan fingerprint density at radius 1 is 1.40 bits per heavy atom. The van der Waals surface area contributed by atoms with E-state index in [1.165, 1.54) is 7.05 Å². The number of primary amides is 1. The van der Waals surface area contributed by atoms with E-state index in [2.05, 4.69) is 22.5 Å². The standard InChI is InChI=1S/C13H16N4O2S/c1-3-20-7-4-5-8-9(6-7)16-11(17-13(14)19)10(8)12(18)15-2/h4-6,16H,3H2,1-2H3,(H,15,18)(H3,14,17,19). The number of anilines is 1. The van der Waals surface area contributed by atoms with Crippen molar-refractivity contribution < 1.29 is 9.59 Å². The third-order valence-electron chi connectivity index (χ3n) is 2.78. The molecule has 0 aliphatic heterocycles. The fourth-order valence-electron chi connectivity index (χ4n) is 2.01. The van der Waals surface area contributed by atoms with Crippen molar-refractivity contribution in [1.82, 2.24) is 10.3 Å². The Kier molecular flexibility index (Phi) is 4.19. The number of H-pyrrole nitrogens is 1. The van der Waals surface area contributed by atoms with Crippen LogP contribution in [-0.2, 0) is 0 Å². The molecule has 0 spiro atoms. The third-order valence-corrected chi connectivity index (χ3v) is 3.66. The minimum absolute atomic E-state index is 0.282. The van der Waals surface area contributed by atoms with Gasteiger partial charge in [0, 0.05) is 22.8 Å². The van der Waals surface area contributed by atoms with E-state index in [9.17, 15) is 9.59 Å². The first-order valence-electron chi connectivity index (χ1n) is 6.13. The number of carbonyl (C=O) groups is 2. The molecule has 5 N–H and O–H groups in total. The zero-order chi connectivity index (χ0) is 14.7. The number of aromatic amines is 1. The number of thioether (sulfide) groups is 1. The van der Waals surface area contributed by atoms with Crippen LogP contribution >= 0.6 is 11.8 Å². The molecule has 0 aliphatic rings. The van der Waals surface area contributed by atoms with Crippen molar-refractivity contribution in [3.8, 4) is 0 Å². The minimum atomic E-state index is -0.718. The van der Waals surface area contributed by atoms with Crippen molar-refractivity contribution in [2.75, 3.05) is 18.1 Å². The fraction of sp³-hybridized carbons (Fsp3) is 0.231. The monoisotopic (exact) mass is 292 g/mol. The Hall–Kier alpha value is -2.15. The van der Waals surface area contributed by atoms with Gasteiger partial charge >= 0.3 is 6.03 Å². The molecule has 0 atom stereocenters. The van der Waals surface area contributed by atoms with Gasteiger partial charge in [0.05, 0.1) is 5.56 Å². The van der Waals surface area contributed by atoms with Crippen LogP contribution in [0.3, 0.4) is 0 Å². The number of hydrogen-bond donors (Lipinski definition) is 4. The van der Waals surface area contributed by atoms with Gasteiger partial charge in [-0.2, -0.15) is 0 Å². The van der Waals surface area contributed by atoms with Gasteiger partial charge < -0.3 is 16.0 Å². The Bertz CT molecular complexity index is 666. The van der Waals surface area contributed by atoms with Crippen LogP contribution in [0.25, 0.3) is 10.9 Å². The molecule has 106 valence electrons. The minimum Gasteiger partial charge on any atom is -0.355 e. The Balaban J connectivity index is 2.58. The van der Waals surface area contributed by atoms with Crippen LogP contribution in [0.4, 0.5) is 10.6 Å². The first-order chi connectivity index (χ1) is 9.56. The molecule has 1 aromatic heterocycles. The molecule has 1 aromatic carbocycles. The second-order valence-corrected chi connectivity index (χ2v) is 5.42. The summed E-state index contributed by atoms with van der Waals surface area (Å²) in [5, 5.41) is 5.75. The molecule has 20 heavy (non-hydrogen) atoms. The van der Waals surface area contributed by atoms with Crippen molar-refractivity contribution >= 4 is 40.4 Å². The molecule has 6 nitrogen and oxygen atoms in total. The molecule has 1 heterocycles. The van der Waals surface area contributed by atoms with Crippen LogP contribution in [0, 0.1) is 0 Å². The van der Waals surface area contributed by atoms with Crippen LogP contribution in [0.2, 0.25) is 0 Å². The summed E-state index contributed by atoms with van der Waals surface area (Å²) >= 11 is 1.70. The smallest absolute Gasteiger partial charge is 0.317 e. The summed E-state index contributed by atoms with van der Waals surface area (Å²) in [7, 11) is 1.54. The van der Waals surface area contributed by atoms with Gasteiger partial charge in [-0.15, -0.1) is 11.8 Å². The summed E-state index contributed by atoms with van der Waals surface area (Å²) in [4.78, 5) is 27.1. The van der Waals surface area contributed by atoms with Gasteiger partial charge in [0.25, 0.3) is 5.91 Å². The molecule has 0 fully saturated rings. The molecule has 0 unspecified atom stereocenters. The second-order valence-electron chi connectivity index (χ2n) is 4.08. The molecular weight excluding hydrogens is 276 g/mol. The number of fused-ring (bicyclic) bond motifs is 1. The van der Waals surface area contributed by atoms with Crippen LogP contribution in [0.1, 0.15) is 17.3 Å². The van der Waals surface area contributed by atoms with Crippen molar-refractivity contribution in [3.05, 3.63) is 23.8 Å². The largest absolute Gasteiger partial charge is 0.355 e. The Labute approximate surface area is 120 Å². The highest BCUT2D eigenvalue weighted by Gasteiger charge is 2.18. The number of carbonyl (C=O) groups excluding carboxylic acids is 2. The van der Waals surface area contributed by atoms with E-state index in [0.717, 1.165) is 21.6 Å². The molecule has 7 heteroatoms. The van der Waals surface area contributed by atoms with Crippen molar-refractivity contribution in [1.29, 1.82) is 0 Å². The number of rotatable bonds is 4. The number of hydrogen-bond acceptors (Lipinski definition) is 3. The lowest BCUT2D eigenvalue weighted by molar-refractivity contribution is 0.0965. The van der Waals surface area contributed by atoms with Gasteiger partial charge in [-0.1, -0.05) is 13.0 Å². The molecule has 3 amide bonds. The summed E-state index contributed by atoms with van der Waals surface area (Å²) in [5.41, 5.74) is 6.30. The highest BCUT2D eigenvalue weighted by Crippen LogP contribution is 2.30. The van der Waals surface area contributed by atoms with Crippen LogP contribution in [0.5, 0.6) is 0 Å². The van der Waals surface area contributed by atoms with Crippen molar-refractivity contribution in [2.24, 2.45) is 5.73 Å².